The molecule has 0 aliphatic carbocycles. The normalized spacial score (nSPS) is 16.0. The highest BCUT2D eigenvalue weighted by atomic mass is 35.5. The molecule has 1 saturated heterocycles. The van der Waals surface area contributed by atoms with E-state index in [0.29, 0.717) is 47.4 Å². The Hall–Kier alpha value is -1.61. The molecule has 162 valence electrons. The van der Waals surface area contributed by atoms with Crippen molar-refractivity contribution < 1.29 is 14.0 Å². The number of aromatic nitrogens is 1. The first-order valence-corrected chi connectivity index (χ1v) is 10.1. The number of nitrogens with two attached hydrogens (primary N) is 1. The number of furan rings is 1. The predicted molar refractivity (Wildman–Crippen MR) is 119 cm³/mol. The highest BCUT2D eigenvalue weighted by Gasteiger charge is 2.30. The van der Waals surface area contributed by atoms with Crippen molar-refractivity contribution in [2.24, 2.45) is 5.73 Å². The lowest BCUT2D eigenvalue weighted by molar-refractivity contribution is -0.121. The number of halogens is 2. The van der Waals surface area contributed by atoms with Gasteiger partial charge in [-0.15, -0.1) is 36.2 Å². The van der Waals surface area contributed by atoms with Crippen molar-refractivity contribution in [3.05, 3.63) is 28.5 Å². The van der Waals surface area contributed by atoms with Crippen LogP contribution in [0.4, 0.5) is 0 Å². The first-order valence-electron chi connectivity index (χ1n) is 9.31. The number of hydrogen-bond acceptors (Lipinski definition) is 6. The van der Waals surface area contributed by atoms with E-state index in [9.17, 15) is 9.59 Å². The molecular formula is C19H28Cl2N4O3S. The Balaban J connectivity index is 0.00000210. The Labute approximate surface area is 187 Å². The summed E-state index contributed by atoms with van der Waals surface area (Å²) in [7, 11) is 0. The molecule has 0 aromatic carbocycles. The SMILES string of the molecule is Cc1ccc(-c2nc(C)c(C(=O)N3CCCCC3CNC(=O)CCN)s2)o1.Cl.Cl. The number of carbonyl (C=O) groups is 2. The molecule has 2 aromatic heterocycles. The molecule has 1 fully saturated rings. The fourth-order valence-corrected chi connectivity index (χ4v) is 4.30. The summed E-state index contributed by atoms with van der Waals surface area (Å²) >= 11 is 1.36. The molecular weight excluding hydrogens is 435 g/mol. The van der Waals surface area contributed by atoms with Gasteiger partial charge in [0.05, 0.1) is 5.69 Å². The zero-order valence-electron chi connectivity index (χ0n) is 16.6. The van der Waals surface area contributed by atoms with Gasteiger partial charge < -0.3 is 20.4 Å². The summed E-state index contributed by atoms with van der Waals surface area (Å²) in [5.41, 5.74) is 6.13. The van der Waals surface area contributed by atoms with E-state index in [0.717, 1.165) is 25.0 Å². The Kier molecular flexibility index (Phi) is 10.1. The fraction of sp³-hybridized carbons (Fsp3) is 0.526. The zero-order chi connectivity index (χ0) is 19.4. The van der Waals surface area contributed by atoms with E-state index >= 15 is 0 Å². The monoisotopic (exact) mass is 462 g/mol. The average molecular weight is 463 g/mol. The van der Waals surface area contributed by atoms with Crippen molar-refractivity contribution in [2.75, 3.05) is 19.6 Å². The van der Waals surface area contributed by atoms with E-state index in [4.69, 9.17) is 10.2 Å². The van der Waals surface area contributed by atoms with Crippen LogP contribution in [0.1, 0.15) is 46.8 Å². The minimum atomic E-state index is -0.0695. The average Bonchev–Trinajstić information content (AvgIpc) is 3.25. The molecule has 1 aliphatic heterocycles. The number of nitrogens with one attached hydrogen (secondary N) is 1. The van der Waals surface area contributed by atoms with Crippen LogP contribution in [-0.2, 0) is 4.79 Å². The molecule has 3 heterocycles. The molecule has 0 radical (unpaired) electrons. The number of aryl methyl sites for hydroxylation is 2. The van der Waals surface area contributed by atoms with Crippen LogP contribution < -0.4 is 11.1 Å². The summed E-state index contributed by atoms with van der Waals surface area (Å²) in [4.78, 5) is 32.0. The lowest BCUT2D eigenvalue weighted by Crippen LogP contribution is -2.49. The maximum Gasteiger partial charge on any atom is 0.266 e. The minimum absolute atomic E-state index is 0. The molecule has 3 N–H and O–H groups in total. The quantitative estimate of drug-likeness (QED) is 0.685. The molecule has 10 heteroatoms. The number of thiazole rings is 1. The molecule has 0 bridgehead atoms. The van der Waals surface area contributed by atoms with Gasteiger partial charge in [-0.2, -0.15) is 0 Å². The van der Waals surface area contributed by atoms with E-state index in [2.05, 4.69) is 10.3 Å². The topological polar surface area (TPSA) is 101 Å². The van der Waals surface area contributed by atoms with Crippen molar-refractivity contribution in [3.63, 3.8) is 0 Å². The van der Waals surface area contributed by atoms with Crippen LogP contribution in [0.5, 0.6) is 0 Å². The second kappa shape index (κ2) is 11.5. The number of likely N-dealkylation sites (tertiary alicyclic amines) is 1. The lowest BCUT2D eigenvalue weighted by atomic mass is 10.0. The van der Waals surface area contributed by atoms with Gasteiger partial charge in [0.25, 0.3) is 5.91 Å². The number of amides is 2. The first-order chi connectivity index (χ1) is 13.0. The summed E-state index contributed by atoms with van der Waals surface area (Å²) in [5, 5.41) is 3.61. The van der Waals surface area contributed by atoms with Crippen LogP contribution in [-0.4, -0.2) is 47.4 Å². The van der Waals surface area contributed by atoms with Crippen LogP contribution in [0.15, 0.2) is 16.5 Å². The molecule has 0 saturated carbocycles. The van der Waals surface area contributed by atoms with E-state index in [1.807, 2.05) is 30.9 Å². The van der Waals surface area contributed by atoms with Crippen molar-refractivity contribution >= 4 is 48.0 Å². The third kappa shape index (κ3) is 6.18. The Morgan fingerprint density at radius 1 is 1.31 bits per heavy atom. The van der Waals surface area contributed by atoms with Crippen molar-refractivity contribution in [3.8, 4) is 10.8 Å². The standard InChI is InChI=1S/C19H26N4O3S.2ClH/c1-12-6-7-15(26-12)18-22-13(2)17(27-18)19(25)23-10-4-3-5-14(23)11-21-16(24)8-9-20;;/h6-7,14H,3-5,8-11,20H2,1-2H3,(H,21,24);2*1H. The van der Waals surface area contributed by atoms with Gasteiger partial charge in [0.1, 0.15) is 10.6 Å². The van der Waals surface area contributed by atoms with Gasteiger partial charge in [0, 0.05) is 32.1 Å². The van der Waals surface area contributed by atoms with Crippen molar-refractivity contribution in [1.29, 1.82) is 0 Å². The highest BCUT2D eigenvalue weighted by molar-refractivity contribution is 7.17. The summed E-state index contributed by atoms with van der Waals surface area (Å²) in [6.45, 7) is 5.22. The number of nitrogens with zero attached hydrogens (tertiary/aromatic N) is 2. The highest BCUT2D eigenvalue weighted by Crippen LogP contribution is 2.31. The number of piperidine rings is 1. The van der Waals surface area contributed by atoms with E-state index in [1.165, 1.54) is 11.3 Å². The second-order valence-corrected chi connectivity index (χ2v) is 7.83. The summed E-state index contributed by atoms with van der Waals surface area (Å²) in [6.07, 6.45) is 3.22. The first kappa shape index (κ1) is 25.4. The summed E-state index contributed by atoms with van der Waals surface area (Å²) < 4.78 is 5.64. The van der Waals surface area contributed by atoms with Crippen molar-refractivity contribution in [1.82, 2.24) is 15.2 Å². The van der Waals surface area contributed by atoms with E-state index < -0.39 is 0 Å². The third-order valence-electron chi connectivity index (χ3n) is 4.74. The fourth-order valence-electron chi connectivity index (χ4n) is 3.31. The Morgan fingerprint density at radius 3 is 2.72 bits per heavy atom. The molecule has 1 aliphatic rings. The molecule has 2 amide bonds. The maximum atomic E-state index is 13.2. The Bertz CT molecular complexity index is 824. The molecule has 2 aromatic rings. The maximum absolute atomic E-state index is 13.2. The van der Waals surface area contributed by atoms with Crippen LogP contribution in [0.25, 0.3) is 10.8 Å². The largest absolute Gasteiger partial charge is 0.459 e. The van der Waals surface area contributed by atoms with Gasteiger partial charge in [-0.3, -0.25) is 9.59 Å². The molecule has 1 unspecified atom stereocenters. The smallest absolute Gasteiger partial charge is 0.266 e. The predicted octanol–water partition coefficient (Wildman–Crippen LogP) is 3.32. The molecule has 3 rings (SSSR count). The van der Waals surface area contributed by atoms with Crippen LogP contribution >= 0.6 is 36.2 Å². The van der Waals surface area contributed by atoms with Gasteiger partial charge >= 0.3 is 0 Å². The number of carbonyl (C=O) groups excluding carboxylic acids is 2. The van der Waals surface area contributed by atoms with E-state index in [-0.39, 0.29) is 42.7 Å². The van der Waals surface area contributed by atoms with Gasteiger partial charge in [0.15, 0.2) is 10.8 Å². The molecule has 1 atom stereocenters. The zero-order valence-corrected chi connectivity index (χ0v) is 19.1. The third-order valence-corrected chi connectivity index (χ3v) is 5.90. The minimum Gasteiger partial charge on any atom is -0.459 e. The van der Waals surface area contributed by atoms with Crippen LogP contribution in [0.2, 0.25) is 0 Å². The number of rotatable bonds is 6. The van der Waals surface area contributed by atoms with Gasteiger partial charge in [-0.1, -0.05) is 0 Å². The molecule has 29 heavy (non-hydrogen) atoms. The summed E-state index contributed by atoms with van der Waals surface area (Å²) in [6, 6.07) is 3.76. The van der Waals surface area contributed by atoms with Gasteiger partial charge in [0.2, 0.25) is 5.91 Å². The van der Waals surface area contributed by atoms with Gasteiger partial charge in [-0.05, 0) is 45.2 Å². The van der Waals surface area contributed by atoms with Crippen molar-refractivity contribution in [2.45, 2.75) is 45.6 Å². The van der Waals surface area contributed by atoms with Gasteiger partial charge in [-0.25, -0.2) is 4.98 Å². The van der Waals surface area contributed by atoms with Crippen LogP contribution in [0, 0.1) is 13.8 Å². The van der Waals surface area contributed by atoms with E-state index in [1.54, 1.807) is 0 Å². The van der Waals surface area contributed by atoms with Crippen LogP contribution in [0.3, 0.4) is 0 Å². The molecule has 7 nitrogen and oxygen atoms in total. The second-order valence-electron chi connectivity index (χ2n) is 6.83. The number of hydrogen-bond donors (Lipinski definition) is 2. The molecule has 0 spiro atoms. The lowest BCUT2D eigenvalue weighted by Gasteiger charge is -2.35. The summed E-state index contributed by atoms with van der Waals surface area (Å²) in [5.74, 6) is 1.41. The Morgan fingerprint density at radius 2 is 2.07 bits per heavy atom.